The molecule has 35 heavy (non-hydrogen) atoms. The van der Waals surface area contributed by atoms with E-state index in [1.165, 1.54) is 6.07 Å². The van der Waals surface area contributed by atoms with E-state index in [0.717, 1.165) is 6.07 Å². The molecule has 4 rings (SSSR count). The number of phenols is 2. The van der Waals surface area contributed by atoms with E-state index in [0.29, 0.717) is 33.4 Å². The molecule has 0 saturated heterocycles. The van der Waals surface area contributed by atoms with Gasteiger partial charge in [0, 0.05) is 5.56 Å². The number of halogens is 2. The third kappa shape index (κ3) is 3.70. The number of aromatic hydroxyl groups is 2. The minimum atomic E-state index is -4.73. The van der Waals surface area contributed by atoms with Gasteiger partial charge in [0.05, 0.1) is 0 Å². The lowest BCUT2D eigenvalue weighted by Crippen LogP contribution is -2.33. The number of phenolic OH excluding ortho intramolecular Hbond substituents is 2. The van der Waals surface area contributed by atoms with Gasteiger partial charge < -0.3 is 10.2 Å². The Bertz CT molecular complexity index is 1400. The fourth-order valence-electron chi connectivity index (χ4n) is 4.82. The number of benzene rings is 3. The topological polar surface area (TPSA) is 83.8 Å². The minimum Gasteiger partial charge on any atom is -0.508 e. The van der Waals surface area contributed by atoms with Crippen molar-refractivity contribution >= 4 is 10.1 Å². The van der Waals surface area contributed by atoms with Gasteiger partial charge in [-0.05, 0) is 89.4 Å². The zero-order chi connectivity index (χ0) is 26.0. The summed E-state index contributed by atoms with van der Waals surface area (Å²) in [7, 11) is -4.73. The molecule has 2 N–H and O–H groups in total. The van der Waals surface area contributed by atoms with E-state index in [4.69, 9.17) is 4.18 Å². The van der Waals surface area contributed by atoms with Crippen molar-refractivity contribution < 1.29 is 31.6 Å². The lowest BCUT2D eigenvalue weighted by atomic mass is 9.73. The number of hydrogen-bond donors (Lipinski definition) is 2. The van der Waals surface area contributed by atoms with Crippen molar-refractivity contribution in [2.45, 2.75) is 63.9 Å². The molecule has 0 atom stereocenters. The summed E-state index contributed by atoms with van der Waals surface area (Å²) >= 11 is 0. The number of fused-ring (bicyclic) bond motifs is 1. The third-order valence-electron chi connectivity index (χ3n) is 6.65. The smallest absolute Gasteiger partial charge is 0.301 e. The second kappa shape index (κ2) is 8.31. The van der Waals surface area contributed by atoms with Crippen LogP contribution in [0, 0.1) is 25.5 Å². The first-order valence-corrected chi connectivity index (χ1v) is 12.7. The lowest BCUT2D eigenvalue weighted by molar-refractivity contribution is 0.176. The van der Waals surface area contributed by atoms with Gasteiger partial charge in [-0.2, -0.15) is 8.42 Å². The molecule has 0 amide bonds. The Morgan fingerprint density at radius 3 is 1.69 bits per heavy atom. The molecule has 3 aromatic carbocycles. The average Bonchev–Trinajstić information content (AvgIpc) is 3.01. The van der Waals surface area contributed by atoms with Crippen molar-refractivity contribution in [3.05, 3.63) is 87.0 Å². The summed E-state index contributed by atoms with van der Waals surface area (Å²) in [6.07, 6.45) is 0. The van der Waals surface area contributed by atoms with Crippen LogP contribution in [0.4, 0.5) is 8.78 Å². The van der Waals surface area contributed by atoms with Gasteiger partial charge in [0.15, 0.2) is 17.2 Å². The Kier molecular flexibility index (Phi) is 5.97. The molecule has 0 unspecified atom stereocenters. The summed E-state index contributed by atoms with van der Waals surface area (Å²) in [4.78, 5) is -0.849. The highest BCUT2D eigenvalue weighted by molar-refractivity contribution is 7.87. The van der Waals surface area contributed by atoms with E-state index in [1.54, 1.807) is 38.1 Å². The monoisotopic (exact) mass is 502 g/mol. The third-order valence-corrected chi connectivity index (χ3v) is 8.02. The van der Waals surface area contributed by atoms with Crippen molar-refractivity contribution in [1.29, 1.82) is 0 Å². The van der Waals surface area contributed by atoms with Gasteiger partial charge in [-0.25, -0.2) is 13.0 Å². The molecule has 186 valence electrons. The molecule has 8 heteroatoms. The SMILES string of the molecule is Cc1cc(C2(c3cc(C)c(O)cc3C(C)C)OS(=O)(=O)c3c2ccc(F)c3F)c(C(C)C)cc1O. The second-order valence-electron chi connectivity index (χ2n) is 9.72. The van der Waals surface area contributed by atoms with Crippen molar-refractivity contribution in [3.63, 3.8) is 0 Å². The average molecular weight is 503 g/mol. The Labute approximate surface area is 204 Å². The lowest BCUT2D eigenvalue weighted by Gasteiger charge is -2.35. The molecule has 0 spiro atoms. The first-order chi connectivity index (χ1) is 16.2. The predicted molar refractivity (Wildman–Crippen MR) is 128 cm³/mol. The van der Waals surface area contributed by atoms with E-state index < -0.39 is 32.2 Å². The van der Waals surface area contributed by atoms with Crippen LogP contribution >= 0.6 is 0 Å². The van der Waals surface area contributed by atoms with Crippen LogP contribution in [0.15, 0.2) is 41.3 Å². The molecule has 0 radical (unpaired) electrons. The molecule has 1 heterocycles. The zero-order valence-corrected chi connectivity index (χ0v) is 21.2. The molecular formula is C27H28F2O5S. The van der Waals surface area contributed by atoms with Crippen LogP contribution < -0.4 is 0 Å². The summed E-state index contributed by atoms with van der Waals surface area (Å²) < 4.78 is 61.9. The largest absolute Gasteiger partial charge is 0.508 e. The maximum absolute atomic E-state index is 15.1. The summed E-state index contributed by atoms with van der Waals surface area (Å²) in [5.74, 6) is -3.14. The molecule has 0 aromatic heterocycles. The molecule has 5 nitrogen and oxygen atoms in total. The van der Waals surface area contributed by atoms with E-state index in [1.807, 2.05) is 27.7 Å². The molecule has 1 aliphatic heterocycles. The minimum absolute atomic E-state index is 0.0185. The van der Waals surface area contributed by atoms with E-state index in [2.05, 4.69) is 0 Å². The highest BCUT2D eigenvalue weighted by Crippen LogP contribution is 2.55. The Morgan fingerprint density at radius 1 is 0.800 bits per heavy atom. The van der Waals surface area contributed by atoms with Gasteiger partial charge in [-0.15, -0.1) is 0 Å². The van der Waals surface area contributed by atoms with E-state index in [9.17, 15) is 23.0 Å². The molecule has 1 aliphatic rings. The standard InChI is InChI=1S/C27H28F2O5S/c1-13(2)17-11-23(30)15(5)9-20(17)27(21-10-16(6)24(31)12-18(21)14(3)4)19-7-8-22(28)25(29)26(19)35(32,33)34-27/h7-14,30-31H,1-6H3. The maximum atomic E-state index is 15.1. The summed E-state index contributed by atoms with van der Waals surface area (Å²) in [5.41, 5.74) is 0.938. The van der Waals surface area contributed by atoms with Crippen LogP contribution in [0.25, 0.3) is 0 Å². The molecular weight excluding hydrogens is 474 g/mol. The first kappa shape index (κ1) is 25.1. The van der Waals surface area contributed by atoms with Gasteiger partial charge in [0.1, 0.15) is 16.4 Å². The van der Waals surface area contributed by atoms with Gasteiger partial charge in [-0.3, -0.25) is 0 Å². The summed E-state index contributed by atoms with van der Waals surface area (Å²) in [6.45, 7) is 10.8. The van der Waals surface area contributed by atoms with Crippen LogP contribution in [0.1, 0.15) is 78.5 Å². The molecule has 0 aliphatic carbocycles. The number of rotatable bonds is 4. The molecule has 3 aromatic rings. The summed E-state index contributed by atoms with van der Waals surface area (Å²) in [6, 6.07) is 8.47. The van der Waals surface area contributed by atoms with Crippen LogP contribution in [-0.2, 0) is 19.9 Å². The Balaban J connectivity index is 2.30. The zero-order valence-electron chi connectivity index (χ0n) is 20.4. The van der Waals surface area contributed by atoms with Gasteiger partial charge in [0.2, 0.25) is 0 Å². The van der Waals surface area contributed by atoms with Crippen LogP contribution in [0.3, 0.4) is 0 Å². The van der Waals surface area contributed by atoms with Gasteiger partial charge in [-0.1, -0.05) is 33.8 Å². The van der Waals surface area contributed by atoms with Crippen molar-refractivity contribution in [2.24, 2.45) is 0 Å². The first-order valence-electron chi connectivity index (χ1n) is 11.3. The Morgan fingerprint density at radius 2 is 1.26 bits per heavy atom. The second-order valence-corrected chi connectivity index (χ2v) is 11.2. The number of hydrogen-bond acceptors (Lipinski definition) is 5. The molecule has 0 bridgehead atoms. The molecule has 0 saturated carbocycles. The van der Waals surface area contributed by atoms with Gasteiger partial charge >= 0.3 is 10.1 Å². The van der Waals surface area contributed by atoms with Gasteiger partial charge in [0.25, 0.3) is 0 Å². The highest BCUT2D eigenvalue weighted by atomic mass is 32.2. The fourth-order valence-corrected chi connectivity index (χ4v) is 6.30. The Hall–Kier alpha value is -2.97. The summed E-state index contributed by atoms with van der Waals surface area (Å²) in [5, 5.41) is 20.9. The van der Waals surface area contributed by atoms with Crippen LogP contribution in [0.2, 0.25) is 0 Å². The maximum Gasteiger partial charge on any atom is 0.301 e. The van der Waals surface area contributed by atoms with E-state index in [-0.39, 0.29) is 28.9 Å². The highest BCUT2D eigenvalue weighted by Gasteiger charge is 2.55. The van der Waals surface area contributed by atoms with Crippen molar-refractivity contribution in [3.8, 4) is 11.5 Å². The van der Waals surface area contributed by atoms with Crippen molar-refractivity contribution in [1.82, 2.24) is 0 Å². The van der Waals surface area contributed by atoms with Crippen LogP contribution in [0.5, 0.6) is 11.5 Å². The van der Waals surface area contributed by atoms with Crippen molar-refractivity contribution in [2.75, 3.05) is 0 Å². The number of aryl methyl sites for hydroxylation is 2. The quantitative estimate of drug-likeness (QED) is 0.412. The fraction of sp³-hybridized carbons (Fsp3) is 0.333. The van der Waals surface area contributed by atoms with Crippen LogP contribution in [-0.4, -0.2) is 18.6 Å². The molecule has 0 fully saturated rings. The van der Waals surface area contributed by atoms with E-state index >= 15 is 4.39 Å². The normalized spacial score (nSPS) is 16.2. The predicted octanol–water partition coefficient (Wildman–Crippen LogP) is 6.25.